The number of hydrogen-bond donors (Lipinski definition) is 0. The normalized spacial score (nSPS) is 10.2. The fraction of sp³-hybridized carbons (Fsp3) is 0.636. The number of carbonyl (C=O) groups is 1. The summed E-state index contributed by atoms with van der Waals surface area (Å²) in [4.78, 5) is 18.5. The lowest BCUT2D eigenvalue weighted by atomic mass is 10.3. The Morgan fingerprint density at radius 1 is 1.56 bits per heavy atom. The number of methoxy groups -OCH3 is 1. The standard InChI is InChI=1S/C11H18N2O2S/c1-5-6-7-13(3)11-12-8(2)9(16-11)10(14)15-4/h5-7H2,1-4H3. The smallest absolute Gasteiger partial charge is 0.350 e. The van der Waals surface area contributed by atoms with Gasteiger partial charge in [0.05, 0.1) is 12.8 Å². The van der Waals surface area contributed by atoms with Gasteiger partial charge in [-0.05, 0) is 13.3 Å². The highest BCUT2D eigenvalue weighted by molar-refractivity contribution is 7.17. The highest BCUT2D eigenvalue weighted by atomic mass is 32.1. The molecular weight excluding hydrogens is 224 g/mol. The van der Waals surface area contributed by atoms with Crippen LogP contribution in [0.3, 0.4) is 0 Å². The molecule has 0 radical (unpaired) electrons. The summed E-state index contributed by atoms with van der Waals surface area (Å²) in [7, 11) is 3.39. The van der Waals surface area contributed by atoms with Crippen LogP contribution in [0.2, 0.25) is 0 Å². The zero-order chi connectivity index (χ0) is 12.1. The van der Waals surface area contributed by atoms with Crippen LogP contribution < -0.4 is 4.90 Å². The summed E-state index contributed by atoms with van der Waals surface area (Å²) in [6, 6.07) is 0. The third-order valence-electron chi connectivity index (χ3n) is 2.33. The Morgan fingerprint density at radius 3 is 2.81 bits per heavy atom. The number of nitrogens with zero attached hydrogens (tertiary/aromatic N) is 2. The minimum absolute atomic E-state index is 0.301. The Balaban J connectivity index is 2.79. The Labute approximate surface area is 100 Å². The molecule has 0 fully saturated rings. The molecule has 0 aliphatic heterocycles. The first-order valence-corrected chi connectivity index (χ1v) is 6.18. The first-order valence-electron chi connectivity index (χ1n) is 5.37. The number of aromatic nitrogens is 1. The predicted octanol–water partition coefficient (Wildman–Crippen LogP) is 2.47. The molecule has 0 aromatic carbocycles. The van der Waals surface area contributed by atoms with E-state index in [-0.39, 0.29) is 5.97 Å². The van der Waals surface area contributed by atoms with Crippen LogP contribution in [0.5, 0.6) is 0 Å². The molecule has 1 aromatic rings. The Kier molecular flexibility index (Phi) is 4.73. The van der Waals surface area contributed by atoms with Crippen LogP contribution in [-0.4, -0.2) is 31.7 Å². The highest BCUT2D eigenvalue weighted by Crippen LogP contribution is 2.25. The van der Waals surface area contributed by atoms with E-state index >= 15 is 0 Å². The van der Waals surface area contributed by atoms with Crippen LogP contribution in [0.15, 0.2) is 0 Å². The van der Waals surface area contributed by atoms with Crippen molar-refractivity contribution >= 4 is 22.4 Å². The van der Waals surface area contributed by atoms with Crippen molar-refractivity contribution in [2.24, 2.45) is 0 Å². The van der Waals surface area contributed by atoms with Crippen LogP contribution in [0, 0.1) is 6.92 Å². The van der Waals surface area contributed by atoms with E-state index < -0.39 is 0 Å². The van der Waals surface area contributed by atoms with Crippen LogP contribution in [0.4, 0.5) is 5.13 Å². The van der Waals surface area contributed by atoms with Gasteiger partial charge in [-0.3, -0.25) is 0 Å². The SMILES string of the molecule is CCCCN(C)c1nc(C)c(C(=O)OC)s1. The van der Waals surface area contributed by atoms with Crippen LogP contribution in [0.25, 0.3) is 0 Å². The first kappa shape index (κ1) is 13.0. The van der Waals surface area contributed by atoms with Crippen molar-refractivity contribution in [3.05, 3.63) is 10.6 Å². The Hall–Kier alpha value is -1.10. The molecular formula is C11H18N2O2S. The second kappa shape index (κ2) is 5.84. The number of anilines is 1. The molecule has 16 heavy (non-hydrogen) atoms. The molecule has 1 aromatic heterocycles. The maximum Gasteiger partial charge on any atom is 0.350 e. The summed E-state index contributed by atoms with van der Waals surface area (Å²) in [5.41, 5.74) is 0.746. The summed E-state index contributed by atoms with van der Waals surface area (Å²) in [5.74, 6) is -0.301. The average Bonchev–Trinajstić information content (AvgIpc) is 2.67. The van der Waals surface area contributed by atoms with Gasteiger partial charge in [-0.15, -0.1) is 0 Å². The third kappa shape index (κ3) is 2.95. The van der Waals surface area contributed by atoms with Gasteiger partial charge in [0.25, 0.3) is 0 Å². The molecule has 5 heteroatoms. The quantitative estimate of drug-likeness (QED) is 0.744. The van der Waals surface area contributed by atoms with Gasteiger partial charge in [-0.2, -0.15) is 0 Å². The molecule has 0 saturated heterocycles. The van der Waals surface area contributed by atoms with Crippen molar-refractivity contribution in [2.45, 2.75) is 26.7 Å². The Bertz CT molecular complexity index is 363. The summed E-state index contributed by atoms with van der Waals surface area (Å²) in [6.07, 6.45) is 2.28. The van der Waals surface area contributed by atoms with E-state index in [0.29, 0.717) is 4.88 Å². The third-order valence-corrected chi connectivity index (χ3v) is 3.58. The molecule has 0 amide bonds. The highest BCUT2D eigenvalue weighted by Gasteiger charge is 2.17. The van der Waals surface area contributed by atoms with E-state index in [9.17, 15) is 4.79 Å². The van der Waals surface area contributed by atoms with Gasteiger partial charge in [0.15, 0.2) is 5.13 Å². The molecule has 0 bridgehead atoms. The van der Waals surface area contributed by atoms with E-state index in [1.165, 1.54) is 18.4 Å². The van der Waals surface area contributed by atoms with Crippen LogP contribution in [0.1, 0.15) is 35.1 Å². The number of esters is 1. The maximum atomic E-state index is 11.4. The molecule has 0 aliphatic rings. The number of ether oxygens (including phenoxy) is 1. The van der Waals surface area contributed by atoms with Crippen molar-refractivity contribution < 1.29 is 9.53 Å². The lowest BCUT2D eigenvalue weighted by molar-refractivity contribution is 0.0605. The second-order valence-corrected chi connectivity index (χ2v) is 4.66. The number of carbonyl (C=O) groups excluding carboxylic acids is 1. The van der Waals surface area contributed by atoms with Gasteiger partial charge in [-0.25, -0.2) is 9.78 Å². The minimum atomic E-state index is -0.301. The van der Waals surface area contributed by atoms with Gasteiger partial charge in [0.1, 0.15) is 4.88 Å². The topological polar surface area (TPSA) is 42.4 Å². The van der Waals surface area contributed by atoms with Crippen molar-refractivity contribution in [1.82, 2.24) is 4.98 Å². The van der Waals surface area contributed by atoms with E-state index in [4.69, 9.17) is 4.74 Å². The number of hydrogen-bond acceptors (Lipinski definition) is 5. The number of unbranched alkanes of at least 4 members (excludes halogenated alkanes) is 1. The van der Waals surface area contributed by atoms with Crippen molar-refractivity contribution in [2.75, 3.05) is 25.6 Å². The molecule has 1 heterocycles. The largest absolute Gasteiger partial charge is 0.465 e. The summed E-state index contributed by atoms with van der Waals surface area (Å²) < 4.78 is 4.70. The lowest BCUT2D eigenvalue weighted by Gasteiger charge is -2.14. The molecule has 4 nitrogen and oxygen atoms in total. The summed E-state index contributed by atoms with van der Waals surface area (Å²) in [6.45, 7) is 4.95. The predicted molar refractivity (Wildman–Crippen MR) is 66.4 cm³/mol. The zero-order valence-electron chi connectivity index (χ0n) is 10.2. The molecule has 1 rings (SSSR count). The summed E-state index contributed by atoms with van der Waals surface area (Å²) in [5, 5.41) is 0.881. The zero-order valence-corrected chi connectivity index (χ0v) is 11.1. The van der Waals surface area contributed by atoms with Crippen molar-refractivity contribution in [3.8, 4) is 0 Å². The van der Waals surface area contributed by atoms with Crippen LogP contribution in [-0.2, 0) is 4.74 Å². The second-order valence-electron chi connectivity index (χ2n) is 3.68. The molecule has 0 spiro atoms. The number of aryl methyl sites for hydroxylation is 1. The van der Waals surface area contributed by atoms with Gasteiger partial charge in [0, 0.05) is 13.6 Å². The maximum absolute atomic E-state index is 11.4. The fourth-order valence-electron chi connectivity index (χ4n) is 1.32. The molecule has 0 atom stereocenters. The fourth-order valence-corrected chi connectivity index (χ4v) is 2.29. The first-order chi connectivity index (χ1) is 7.60. The molecule has 0 aliphatic carbocycles. The monoisotopic (exact) mass is 242 g/mol. The van der Waals surface area contributed by atoms with E-state index in [2.05, 4.69) is 16.8 Å². The minimum Gasteiger partial charge on any atom is -0.465 e. The molecule has 0 saturated carbocycles. The van der Waals surface area contributed by atoms with Gasteiger partial charge >= 0.3 is 5.97 Å². The van der Waals surface area contributed by atoms with Gasteiger partial charge in [-0.1, -0.05) is 24.7 Å². The Morgan fingerprint density at radius 2 is 2.25 bits per heavy atom. The van der Waals surface area contributed by atoms with E-state index in [1.54, 1.807) is 0 Å². The van der Waals surface area contributed by atoms with Crippen molar-refractivity contribution in [1.29, 1.82) is 0 Å². The van der Waals surface area contributed by atoms with Gasteiger partial charge in [0.2, 0.25) is 0 Å². The van der Waals surface area contributed by atoms with Crippen LogP contribution >= 0.6 is 11.3 Å². The number of rotatable bonds is 5. The molecule has 0 N–H and O–H groups in total. The summed E-state index contributed by atoms with van der Waals surface area (Å²) >= 11 is 1.39. The number of thiazole rings is 1. The molecule has 0 unspecified atom stereocenters. The average molecular weight is 242 g/mol. The molecule has 90 valence electrons. The van der Waals surface area contributed by atoms with E-state index in [1.807, 2.05) is 14.0 Å². The lowest BCUT2D eigenvalue weighted by Crippen LogP contribution is -2.17. The van der Waals surface area contributed by atoms with Crippen molar-refractivity contribution in [3.63, 3.8) is 0 Å². The van der Waals surface area contributed by atoms with Gasteiger partial charge < -0.3 is 9.64 Å². The van der Waals surface area contributed by atoms with E-state index in [0.717, 1.165) is 30.2 Å².